The molecule has 3 aromatic carbocycles. The number of nitro groups is 2. The summed E-state index contributed by atoms with van der Waals surface area (Å²) in [5.41, 5.74) is 5.22. The Bertz CT molecular complexity index is 2610. The molecule has 3 aliphatic heterocycles. The number of rotatable bonds is 35. The molecule has 2 fully saturated rings. The van der Waals surface area contributed by atoms with E-state index in [1.54, 1.807) is 0 Å². The monoisotopic (exact) mass is 1100 g/mol. The summed E-state index contributed by atoms with van der Waals surface area (Å²) in [4.78, 5) is 66.6. The minimum atomic E-state index is -0.694. The van der Waals surface area contributed by atoms with Gasteiger partial charge in [-0.3, -0.25) is 34.6 Å². The lowest BCUT2D eigenvalue weighted by atomic mass is 9.67. The fourth-order valence-electron chi connectivity index (χ4n) is 10.5. The Kier molecular flexibility index (Phi) is 23.9. The number of carbonyl (C=O) groups is 3. The summed E-state index contributed by atoms with van der Waals surface area (Å²) in [6, 6.07) is 18.0. The van der Waals surface area contributed by atoms with Crippen molar-refractivity contribution in [2.24, 2.45) is 11.8 Å². The first-order chi connectivity index (χ1) is 38.4. The number of fused-ring (bicyclic) bond motifs is 3. The molecule has 23 heteroatoms. The molecule has 2 atom stereocenters. The summed E-state index contributed by atoms with van der Waals surface area (Å²) >= 11 is 0. The van der Waals surface area contributed by atoms with Crippen molar-refractivity contribution in [3.63, 3.8) is 0 Å². The molecular weight excluding hydrogens is 1020 g/mol. The third kappa shape index (κ3) is 18.3. The van der Waals surface area contributed by atoms with Crippen LogP contribution in [0.15, 0.2) is 60.7 Å². The highest BCUT2D eigenvalue weighted by Gasteiger charge is 2.46. The molecule has 1 aromatic heterocycles. The van der Waals surface area contributed by atoms with Crippen LogP contribution in [-0.2, 0) is 43.4 Å². The van der Waals surface area contributed by atoms with E-state index in [1.165, 1.54) is 41.8 Å². The number of nitrogens with zero attached hydrogens (tertiary/aromatic N) is 4. The maximum Gasteiger partial charge on any atom is 0.299 e. The zero-order valence-corrected chi connectivity index (χ0v) is 45.7. The van der Waals surface area contributed by atoms with Gasteiger partial charge in [0.1, 0.15) is 23.7 Å². The Morgan fingerprint density at radius 2 is 1.34 bits per heavy atom. The molecular formula is C56H79N9O14. The quantitative estimate of drug-likeness (QED) is 0.0206. The Morgan fingerprint density at radius 1 is 0.722 bits per heavy atom. The first-order valence-corrected chi connectivity index (χ1v) is 27.7. The molecule has 2 saturated heterocycles. The number of ether oxygens (including phenoxy) is 7. The van der Waals surface area contributed by atoms with Crippen LogP contribution in [0.4, 0.5) is 22.7 Å². The maximum atomic E-state index is 13.7. The molecule has 1 spiro atoms. The summed E-state index contributed by atoms with van der Waals surface area (Å²) < 4.78 is 39.2. The van der Waals surface area contributed by atoms with Crippen LogP contribution in [0.25, 0.3) is 10.9 Å². The molecule has 3 amide bonds. The van der Waals surface area contributed by atoms with Crippen LogP contribution in [0.3, 0.4) is 0 Å². The minimum Gasteiger partial charge on any atom is -0.490 e. The molecule has 7 rings (SSSR count). The third-order valence-corrected chi connectivity index (χ3v) is 14.9. The zero-order chi connectivity index (χ0) is 55.8. The lowest BCUT2D eigenvalue weighted by Gasteiger charge is -2.45. The van der Waals surface area contributed by atoms with E-state index >= 15 is 0 Å². The number of anilines is 2. The number of H-pyrrole nitrogens is 1. The van der Waals surface area contributed by atoms with Crippen molar-refractivity contribution in [3.8, 4) is 5.75 Å². The second kappa shape index (κ2) is 31.4. The molecule has 0 aliphatic carbocycles. The van der Waals surface area contributed by atoms with E-state index in [1.807, 2.05) is 29.2 Å². The van der Waals surface area contributed by atoms with Crippen molar-refractivity contribution in [2.75, 3.05) is 155 Å². The number of amides is 3. The molecule has 4 heterocycles. The molecule has 0 radical (unpaired) electrons. The number of aromatic amines is 1. The topological polar surface area (TPSA) is 272 Å². The fraction of sp³-hybridized carbons (Fsp3) is 0.589. The molecule has 0 saturated carbocycles. The number of benzene rings is 3. The molecule has 0 bridgehead atoms. The van der Waals surface area contributed by atoms with E-state index in [4.69, 9.17) is 33.2 Å². The van der Waals surface area contributed by atoms with Crippen molar-refractivity contribution in [1.82, 2.24) is 25.4 Å². The Hall–Kier alpha value is -6.47. The second-order valence-corrected chi connectivity index (χ2v) is 20.3. The van der Waals surface area contributed by atoms with Gasteiger partial charge in [-0.1, -0.05) is 25.1 Å². The molecule has 432 valence electrons. The van der Waals surface area contributed by atoms with Crippen LogP contribution in [0.1, 0.15) is 67.1 Å². The van der Waals surface area contributed by atoms with Crippen molar-refractivity contribution in [3.05, 3.63) is 97.7 Å². The normalized spacial score (nSPS) is 17.4. The highest BCUT2D eigenvalue weighted by molar-refractivity contribution is 5.99. The molecule has 3 aliphatic rings. The Morgan fingerprint density at radius 3 is 1.96 bits per heavy atom. The van der Waals surface area contributed by atoms with Gasteiger partial charge in [-0.15, -0.1) is 0 Å². The minimum absolute atomic E-state index is 0.0326. The SMILES string of the molecule is Cc1ccc2c(c1)NC[C@]21CCN(CCC2CCN(C(=O)c3cc4c(OCCOCCOCCOCCNC(=O)CCC(=O)NCCOCCOCCOCCNc5ccc([N+](=O)[O-])cc5[N+](=O)[O-])cccc4[nH]3)CC2)C[C@H]1C. The summed E-state index contributed by atoms with van der Waals surface area (Å²) in [5, 5.41) is 35.0. The van der Waals surface area contributed by atoms with Gasteiger partial charge in [0.25, 0.3) is 17.3 Å². The van der Waals surface area contributed by atoms with E-state index in [0.717, 1.165) is 69.1 Å². The number of piperidine rings is 2. The molecule has 5 N–H and O–H groups in total. The summed E-state index contributed by atoms with van der Waals surface area (Å²) in [6.07, 6.45) is 4.52. The van der Waals surface area contributed by atoms with Gasteiger partial charge >= 0.3 is 0 Å². The smallest absolute Gasteiger partial charge is 0.299 e. The van der Waals surface area contributed by atoms with Gasteiger partial charge in [-0.25, -0.2) is 0 Å². The molecule has 79 heavy (non-hydrogen) atoms. The molecule has 4 aromatic rings. The lowest BCUT2D eigenvalue weighted by molar-refractivity contribution is -0.393. The van der Waals surface area contributed by atoms with Gasteiger partial charge in [-0.05, 0) is 99.0 Å². The predicted octanol–water partition coefficient (Wildman–Crippen LogP) is 5.84. The van der Waals surface area contributed by atoms with Gasteiger partial charge in [0.2, 0.25) is 11.8 Å². The number of hydrogen-bond acceptors (Lipinski definition) is 17. The number of non-ortho nitro benzene ring substituents is 1. The van der Waals surface area contributed by atoms with Crippen molar-refractivity contribution >= 4 is 51.4 Å². The average Bonchev–Trinajstić information content (AvgIpc) is 4.20. The standard InChI is InChI=1S/C56H79N9O14/c1-41-6-8-46-49(36-41)60-40-56(46)15-22-62(39-42(56)2)19-12-43-13-20-63(21-14-43)55(68)50-38-45-47(61-50)4-3-5-52(45)79-35-34-78-33-32-77-31-28-75-25-18-59-54(67)11-10-53(66)58-17-24-74-27-30-76-29-26-73-23-16-57-48-9-7-44(64(69)70)37-51(48)65(71)72/h3-9,36-38,42-43,57,60-61H,10-35,39-40H2,1-2H3,(H,58,66)(H,59,67)/t42-,56+/m1/s1. The number of aryl methyl sites for hydroxylation is 1. The van der Waals surface area contributed by atoms with Crippen LogP contribution in [0, 0.1) is 39.0 Å². The maximum absolute atomic E-state index is 13.7. The van der Waals surface area contributed by atoms with E-state index in [2.05, 4.69) is 63.2 Å². The van der Waals surface area contributed by atoms with Gasteiger partial charge in [0.05, 0.1) is 95.2 Å². The van der Waals surface area contributed by atoms with Gasteiger partial charge in [-0.2, -0.15) is 0 Å². The predicted molar refractivity (Wildman–Crippen MR) is 297 cm³/mol. The number of nitrogens with one attached hydrogen (secondary N) is 5. The van der Waals surface area contributed by atoms with E-state index in [9.17, 15) is 34.6 Å². The largest absolute Gasteiger partial charge is 0.490 e. The first-order valence-electron chi connectivity index (χ1n) is 27.7. The van der Waals surface area contributed by atoms with Gasteiger partial charge < -0.3 is 69.2 Å². The average molecular weight is 1100 g/mol. The number of hydrogen-bond donors (Lipinski definition) is 5. The summed E-state index contributed by atoms with van der Waals surface area (Å²) in [6.45, 7) is 15.6. The third-order valence-electron chi connectivity index (χ3n) is 14.9. The van der Waals surface area contributed by atoms with Crippen LogP contribution >= 0.6 is 0 Å². The van der Waals surface area contributed by atoms with Crippen LogP contribution < -0.4 is 26.0 Å². The molecule has 0 unspecified atom stereocenters. The highest BCUT2D eigenvalue weighted by atomic mass is 16.6. The Balaban J connectivity index is 0.622. The fourth-order valence-corrected chi connectivity index (χ4v) is 10.5. The second-order valence-electron chi connectivity index (χ2n) is 20.3. The highest BCUT2D eigenvalue weighted by Crippen LogP contribution is 2.47. The van der Waals surface area contributed by atoms with Crippen LogP contribution in [0.5, 0.6) is 5.75 Å². The van der Waals surface area contributed by atoms with Crippen LogP contribution in [-0.4, -0.2) is 187 Å². The van der Waals surface area contributed by atoms with Crippen molar-refractivity contribution in [1.29, 1.82) is 0 Å². The number of aromatic nitrogens is 1. The lowest BCUT2D eigenvalue weighted by Crippen LogP contribution is -2.50. The van der Waals surface area contributed by atoms with Crippen molar-refractivity contribution in [2.45, 2.75) is 57.8 Å². The van der Waals surface area contributed by atoms with E-state index in [-0.39, 0.29) is 80.3 Å². The summed E-state index contributed by atoms with van der Waals surface area (Å²) in [7, 11) is 0. The number of likely N-dealkylation sites (tertiary alicyclic amines) is 2. The van der Waals surface area contributed by atoms with Gasteiger partial charge in [0, 0.05) is 86.7 Å². The zero-order valence-electron chi connectivity index (χ0n) is 45.7. The first kappa shape index (κ1) is 60.2. The Labute approximate surface area is 461 Å². The summed E-state index contributed by atoms with van der Waals surface area (Å²) in [5.74, 6) is 1.43. The van der Waals surface area contributed by atoms with Crippen molar-refractivity contribution < 1.29 is 57.4 Å². The van der Waals surface area contributed by atoms with Gasteiger partial charge in [0.15, 0.2) is 0 Å². The van der Waals surface area contributed by atoms with E-state index < -0.39 is 15.5 Å². The van der Waals surface area contributed by atoms with Crippen LogP contribution in [0.2, 0.25) is 0 Å². The number of carbonyl (C=O) groups excluding carboxylic acids is 3. The number of nitro benzene ring substituents is 2. The molecule has 23 nitrogen and oxygen atoms in total. The van der Waals surface area contributed by atoms with E-state index in [0.29, 0.717) is 95.9 Å².